The molecule has 0 aromatic heterocycles. The molecule has 0 bridgehead atoms. The Bertz CT molecular complexity index is 507. The van der Waals surface area contributed by atoms with E-state index in [1.807, 2.05) is 0 Å². The molecule has 1 aliphatic heterocycles. The summed E-state index contributed by atoms with van der Waals surface area (Å²) in [6.45, 7) is 5.93. The number of carbonyl (C=O) groups is 1. The Balaban J connectivity index is 2.15. The van der Waals surface area contributed by atoms with Gasteiger partial charge in [0.25, 0.3) is 0 Å². The minimum atomic E-state index is -1.21. The predicted octanol–water partition coefficient (Wildman–Crippen LogP) is 2.44. The molecule has 1 N–H and O–H groups in total. The molecule has 1 aromatic rings. The lowest BCUT2D eigenvalue weighted by molar-refractivity contribution is 0.0691. The van der Waals surface area contributed by atoms with Crippen LogP contribution < -0.4 is 0 Å². The first-order valence-electron chi connectivity index (χ1n) is 7.45. The fraction of sp³-hybridized carbons (Fsp3) is 0.562. The molecule has 0 radical (unpaired) electrons. The number of likely N-dealkylation sites (N-methyl/N-ethyl adjacent to an activating group) is 1. The maximum Gasteiger partial charge on any atom is 0.338 e. The van der Waals surface area contributed by atoms with Gasteiger partial charge in [0.15, 0.2) is 0 Å². The zero-order valence-electron chi connectivity index (χ0n) is 12.7. The molecule has 1 unspecified atom stereocenters. The summed E-state index contributed by atoms with van der Waals surface area (Å²) in [4.78, 5) is 15.7. The third-order valence-electron chi connectivity index (χ3n) is 4.14. The van der Waals surface area contributed by atoms with Gasteiger partial charge in [-0.05, 0) is 44.1 Å². The van der Waals surface area contributed by atoms with E-state index in [0.29, 0.717) is 12.6 Å². The Hall–Kier alpha value is -1.46. The number of rotatable bonds is 4. The van der Waals surface area contributed by atoms with Crippen LogP contribution in [0.4, 0.5) is 4.39 Å². The van der Waals surface area contributed by atoms with Crippen LogP contribution in [0.1, 0.15) is 35.7 Å². The van der Waals surface area contributed by atoms with Crippen LogP contribution in [0, 0.1) is 5.82 Å². The molecule has 1 atom stereocenters. The second-order valence-electron chi connectivity index (χ2n) is 5.77. The molecule has 0 saturated carbocycles. The van der Waals surface area contributed by atoms with E-state index in [1.165, 1.54) is 12.1 Å². The van der Waals surface area contributed by atoms with Crippen LogP contribution in [-0.2, 0) is 6.54 Å². The summed E-state index contributed by atoms with van der Waals surface area (Å²) >= 11 is 0. The fourth-order valence-corrected chi connectivity index (χ4v) is 2.96. The number of aromatic carboxylic acids is 1. The minimum absolute atomic E-state index is 0.243. The van der Waals surface area contributed by atoms with Gasteiger partial charge in [-0.2, -0.15) is 0 Å². The van der Waals surface area contributed by atoms with Gasteiger partial charge in [0, 0.05) is 25.7 Å². The Morgan fingerprint density at radius 3 is 2.86 bits per heavy atom. The van der Waals surface area contributed by atoms with Crippen LogP contribution in [0.15, 0.2) is 18.2 Å². The lowest BCUT2D eigenvalue weighted by Gasteiger charge is -2.30. The Kier molecular flexibility index (Phi) is 5.31. The summed E-state index contributed by atoms with van der Waals surface area (Å²) in [7, 11) is 2.13. The van der Waals surface area contributed by atoms with Crippen molar-refractivity contribution in [3.63, 3.8) is 0 Å². The number of halogens is 1. The number of hydrogen-bond acceptors (Lipinski definition) is 3. The standard InChI is InChI=1S/C16H23FN2O2/c1-3-13-11-18(2)7-4-8-19(13)10-12-5-6-15(17)14(9-12)16(20)21/h5-6,9,13H,3-4,7-8,10-11H2,1-2H3,(H,20,21). The van der Waals surface area contributed by atoms with E-state index < -0.39 is 11.8 Å². The van der Waals surface area contributed by atoms with Gasteiger partial charge in [-0.1, -0.05) is 13.0 Å². The lowest BCUT2D eigenvalue weighted by Crippen LogP contribution is -2.39. The first-order valence-corrected chi connectivity index (χ1v) is 7.45. The minimum Gasteiger partial charge on any atom is -0.478 e. The number of carboxylic acids is 1. The monoisotopic (exact) mass is 294 g/mol. The highest BCUT2D eigenvalue weighted by atomic mass is 19.1. The topological polar surface area (TPSA) is 43.8 Å². The lowest BCUT2D eigenvalue weighted by atomic mass is 10.1. The largest absolute Gasteiger partial charge is 0.478 e. The predicted molar refractivity (Wildman–Crippen MR) is 80.0 cm³/mol. The molecule has 4 nitrogen and oxygen atoms in total. The van der Waals surface area contributed by atoms with Crippen molar-refractivity contribution in [3.05, 3.63) is 35.1 Å². The van der Waals surface area contributed by atoms with Crippen LogP contribution in [0.3, 0.4) is 0 Å². The van der Waals surface area contributed by atoms with Gasteiger partial charge in [0.2, 0.25) is 0 Å². The third-order valence-corrected chi connectivity index (χ3v) is 4.14. The maximum atomic E-state index is 13.5. The van der Waals surface area contributed by atoms with Gasteiger partial charge < -0.3 is 10.0 Å². The molecule has 1 saturated heterocycles. The number of nitrogens with zero attached hydrogens (tertiary/aromatic N) is 2. The van der Waals surface area contributed by atoms with Crippen LogP contribution in [0.2, 0.25) is 0 Å². The van der Waals surface area contributed by atoms with E-state index in [9.17, 15) is 9.18 Å². The van der Waals surface area contributed by atoms with Gasteiger partial charge in [-0.15, -0.1) is 0 Å². The van der Waals surface area contributed by atoms with E-state index >= 15 is 0 Å². The average molecular weight is 294 g/mol. The SMILES string of the molecule is CCC1CN(C)CCCN1Cc1ccc(F)c(C(=O)O)c1. The number of carboxylic acid groups (broad SMARTS) is 1. The van der Waals surface area contributed by atoms with Crippen molar-refractivity contribution in [2.75, 3.05) is 26.7 Å². The molecule has 2 rings (SSSR count). The molecule has 1 heterocycles. The van der Waals surface area contributed by atoms with Crippen molar-refractivity contribution >= 4 is 5.97 Å². The zero-order chi connectivity index (χ0) is 15.4. The summed E-state index contributed by atoms with van der Waals surface area (Å²) in [5, 5.41) is 9.01. The molecule has 1 aliphatic rings. The molecular formula is C16H23FN2O2. The molecule has 1 fully saturated rings. The smallest absolute Gasteiger partial charge is 0.338 e. The van der Waals surface area contributed by atoms with E-state index in [1.54, 1.807) is 6.07 Å². The summed E-state index contributed by atoms with van der Waals surface area (Å²) < 4.78 is 13.5. The normalized spacial score (nSPS) is 21.2. The Labute approximate surface area is 125 Å². The van der Waals surface area contributed by atoms with Crippen molar-refractivity contribution in [2.24, 2.45) is 0 Å². The van der Waals surface area contributed by atoms with E-state index in [4.69, 9.17) is 5.11 Å². The molecule has 1 aromatic carbocycles. The fourth-order valence-electron chi connectivity index (χ4n) is 2.96. The highest BCUT2D eigenvalue weighted by Gasteiger charge is 2.22. The Morgan fingerprint density at radius 2 is 2.19 bits per heavy atom. The summed E-state index contributed by atoms with van der Waals surface area (Å²) in [6, 6.07) is 4.85. The summed E-state index contributed by atoms with van der Waals surface area (Å²) in [5.41, 5.74) is 0.615. The van der Waals surface area contributed by atoms with Crippen molar-refractivity contribution in [1.82, 2.24) is 9.80 Å². The summed E-state index contributed by atoms with van der Waals surface area (Å²) in [6.07, 6.45) is 2.15. The van der Waals surface area contributed by atoms with Crippen LogP contribution in [-0.4, -0.2) is 53.6 Å². The van der Waals surface area contributed by atoms with E-state index in [-0.39, 0.29) is 5.56 Å². The van der Waals surface area contributed by atoms with Crippen LogP contribution >= 0.6 is 0 Å². The number of hydrogen-bond donors (Lipinski definition) is 1. The van der Waals surface area contributed by atoms with Crippen molar-refractivity contribution in [1.29, 1.82) is 0 Å². The third kappa shape index (κ3) is 4.02. The van der Waals surface area contributed by atoms with Gasteiger partial charge in [0.05, 0.1) is 5.56 Å². The second kappa shape index (κ2) is 7.00. The van der Waals surface area contributed by atoms with Crippen molar-refractivity contribution in [2.45, 2.75) is 32.4 Å². The van der Waals surface area contributed by atoms with Crippen molar-refractivity contribution < 1.29 is 14.3 Å². The van der Waals surface area contributed by atoms with E-state index in [2.05, 4.69) is 23.8 Å². The maximum absolute atomic E-state index is 13.5. The molecule has 0 aliphatic carbocycles. The van der Waals surface area contributed by atoms with Crippen molar-refractivity contribution in [3.8, 4) is 0 Å². The molecule has 0 amide bonds. The van der Waals surface area contributed by atoms with Gasteiger partial charge in [-0.3, -0.25) is 4.90 Å². The van der Waals surface area contributed by atoms with E-state index in [0.717, 1.165) is 38.0 Å². The molecule has 116 valence electrons. The zero-order valence-corrected chi connectivity index (χ0v) is 12.7. The van der Waals surface area contributed by atoms with Gasteiger partial charge in [0.1, 0.15) is 5.82 Å². The highest BCUT2D eigenvalue weighted by molar-refractivity contribution is 5.88. The number of benzene rings is 1. The molecule has 21 heavy (non-hydrogen) atoms. The average Bonchev–Trinajstić information content (AvgIpc) is 2.62. The quantitative estimate of drug-likeness (QED) is 0.926. The molecular weight excluding hydrogens is 271 g/mol. The van der Waals surface area contributed by atoms with Gasteiger partial charge >= 0.3 is 5.97 Å². The molecule has 5 heteroatoms. The first-order chi connectivity index (χ1) is 10.0. The summed E-state index contributed by atoms with van der Waals surface area (Å²) in [5.74, 6) is -1.88. The van der Waals surface area contributed by atoms with Crippen LogP contribution in [0.5, 0.6) is 0 Å². The Morgan fingerprint density at radius 1 is 1.43 bits per heavy atom. The molecule has 0 spiro atoms. The van der Waals surface area contributed by atoms with Gasteiger partial charge in [-0.25, -0.2) is 9.18 Å². The first kappa shape index (κ1) is 15.9. The second-order valence-corrected chi connectivity index (χ2v) is 5.77. The highest BCUT2D eigenvalue weighted by Crippen LogP contribution is 2.18. The van der Waals surface area contributed by atoms with Crippen LogP contribution in [0.25, 0.3) is 0 Å².